The molecule has 1 heterocycles. The Hall–Kier alpha value is -2.57. The maximum atomic E-state index is 6.01. The molecule has 1 atom stereocenters. The Bertz CT molecular complexity index is 912. The van der Waals surface area contributed by atoms with Gasteiger partial charge >= 0.3 is 0 Å². The van der Waals surface area contributed by atoms with Crippen LogP contribution in [0.4, 0.5) is 0 Å². The zero-order chi connectivity index (χ0) is 20.6. The average Bonchev–Trinajstić information content (AvgIpc) is 3.19. The second kappa shape index (κ2) is 10.3. The highest BCUT2D eigenvalue weighted by atomic mass is 35.5. The standard InChI is InChI=1S/C22H26ClN3O3/c1-4-12-29-21-13-16(6-11-20(21)27-3)14-26-15-19(24-25-26)22(28-5-2)17-7-9-18(23)10-8-17/h6-11,13,15,22H,4-5,12,14H2,1-3H3. The van der Waals surface area contributed by atoms with Gasteiger partial charge in [0, 0.05) is 11.6 Å². The van der Waals surface area contributed by atoms with E-state index >= 15 is 0 Å². The first-order chi connectivity index (χ1) is 14.1. The smallest absolute Gasteiger partial charge is 0.161 e. The highest BCUT2D eigenvalue weighted by molar-refractivity contribution is 6.30. The fourth-order valence-corrected chi connectivity index (χ4v) is 3.12. The lowest BCUT2D eigenvalue weighted by molar-refractivity contribution is 0.0883. The van der Waals surface area contributed by atoms with E-state index in [2.05, 4.69) is 17.2 Å². The molecule has 2 aromatic carbocycles. The van der Waals surface area contributed by atoms with Crippen LogP contribution in [0.3, 0.4) is 0 Å². The van der Waals surface area contributed by atoms with Crippen molar-refractivity contribution in [1.29, 1.82) is 0 Å². The molecule has 154 valence electrons. The van der Waals surface area contributed by atoms with Crippen LogP contribution in [0.2, 0.25) is 5.02 Å². The van der Waals surface area contributed by atoms with Gasteiger partial charge in [-0.25, -0.2) is 4.68 Å². The van der Waals surface area contributed by atoms with Gasteiger partial charge in [-0.05, 0) is 48.7 Å². The molecular weight excluding hydrogens is 390 g/mol. The van der Waals surface area contributed by atoms with Crippen molar-refractivity contribution in [3.8, 4) is 11.5 Å². The third-order valence-corrected chi connectivity index (χ3v) is 4.62. The van der Waals surface area contributed by atoms with Gasteiger partial charge in [-0.3, -0.25) is 0 Å². The monoisotopic (exact) mass is 415 g/mol. The van der Waals surface area contributed by atoms with Crippen molar-refractivity contribution in [2.24, 2.45) is 0 Å². The summed E-state index contributed by atoms with van der Waals surface area (Å²) < 4.78 is 18.9. The Morgan fingerprint density at radius 1 is 1.07 bits per heavy atom. The minimum atomic E-state index is -0.287. The Kier molecular flexibility index (Phi) is 7.49. The van der Waals surface area contributed by atoms with Crippen molar-refractivity contribution in [1.82, 2.24) is 15.0 Å². The zero-order valence-corrected chi connectivity index (χ0v) is 17.7. The van der Waals surface area contributed by atoms with E-state index in [0.717, 1.165) is 34.7 Å². The van der Waals surface area contributed by atoms with Gasteiger partial charge in [0.05, 0.1) is 26.5 Å². The molecule has 29 heavy (non-hydrogen) atoms. The van der Waals surface area contributed by atoms with Crippen molar-refractivity contribution < 1.29 is 14.2 Å². The molecule has 6 nitrogen and oxygen atoms in total. The maximum absolute atomic E-state index is 6.01. The number of aromatic nitrogens is 3. The Labute approximate surface area is 176 Å². The summed E-state index contributed by atoms with van der Waals surface area (Å²) >= 11 is 6.01. The van der Waals surface area contributed by atoms with Gasteiger partial charge in [-0.15, -0.1) is 5.10 Å². The van der Waals surface area contributed by atoms with E-state index in [1.165, 1.54) is 0 Å². The summed E-state index contributed by atoms with van der Waals surface area (Å²) in [4.78, 5) is 0. The van der Waals surface area contributed by atoms with Gasteiger partial charge in [0.25, 0.3) is 0 Å². The molecule has 3 rings (SSSR count). The Balaban J connectivity index is 1.79. The normalized spacial score (nSPS) is 12.0. The second-order valence-corrected chi connectivity index (χ2v) is 7.00. The summed E-state index contributed by atoms with van der Waals surface area (Å²) in [5, 5.41) is 9.30. The van der Waals surface area contributed by atoms with Crippen LogP contribution in [0.15, 0.2) is 48.7 Å². The first-order valence-electron chi connectivity index (χ1n) is 9.71. The van der Waals surface area contributed by atoms with Crippen LogP contribution in [0.1, 0.15) is 43.2 Å². The third-order valence-electron chi connectivity index (χ3n) is 4.37. The van der Waals surface area contributed by atoms with Crippen LogP contribution < -0.4 is 9.47 Å². The first-order valence-corrected chi connectivity index (χ1v) is 10.1. The van der Waals surface area contributed by atoms with Gasteiger partial charge in [-0.2, -0.15) is 0 Å². The lowest BCUT2D eigenvalue weighted by Crippen LogP contribution is -2.06. The molecule has 0 fully saturated rings. The van der Waals surface area contributed by atoms with E-state index in [-0.39, 0.29) is 6.10 Å². The third kappa shape index (κ3) is 5.49. The van der Waals surface area contributed by atoms with Crippen molar-refractivity contribution in [2.45, 2.75) is 32.9 Å². The number of hydrogen-bond donors (Lipinski definition) is 0. The molecule has 3 aromatic rings. The summed E-state index contributed by atoms with van der Waals surface area (Å²) in [5.41, 5.74) is 2.79. The number of rotatable bonds is 10. The van der Waals surface area contributed by atoms with E-state index in [9.17, 15) is 0 Å². The molecule has 7 heteroatoms. The van der Waals surface area contributed by atoms with E-state index in [0.29, 0.717) is 24.8 Å². The number of halogens is 1. The van der Waals surface area contributed by atoms with Crippen LogP contribution in [0, 0.1) is 0 Å². The topological polar surface area (TPSA) is 58.4 Å². The molecule has 0 saturated heterocycles. The van der Waals surface area contributed by atoms with Crippen molar-refractivity contribution >= 4 is 11.6 Å². The van der Waals surface area contributed by atoms with Gasteiger partial charge in [0.1, 0.15) is 11.8 Å². The van der Waals surface area contributed by atoms with Crippen LogP contribution in [0.5, 0.6) is 11.5 Å². The van der Waals surface area contributed by atoms with Crippen molar-refractivity contribution in [3.63, 3.8) is 0 Å². The molecular formula is C22H26ClN3O3. The molecule has 1 unspecified atom stereocenters. The molecule has 0 spiro atoms. The van der Waals surface area contributed by atoms with Crippen LogP contribution in [-0.2, 0) is 11.3 Å². The van der Waals surface area contributed by atoms with E-state index in [4.69, 9.17) is 25.8 Å². The molecule has 1 aromatic heterocycles. The molecule has 0 N–H and O–H groups in total. The molecule has 0 amide bonds. The van der Waals surface area contributed by atoms with E-state index < -0.39 is 0 Å². The van der Waals surface area contributed by atoms with Crippen LogP contribution in [0.25, 0.3) is 0 Å². The number of nitrogens with zero attached hydrogens (tertiary/aromatic N) is 3. The minimum absolute atomic E-state index is 0.287. The predicted molar refractivity (Wildman–Crippen MR) is 113 cm³/mol. The lowest BCUT2D eigenvalue weighted by Gasteiger charge is -2.14. The summed E-state index contributed by atoms with van der Waals surface area (Å²) in [6.07, 6.45) is 2.56. The Morgan fingerprint density at radius 2 is 1.86 bits per heavy atom. The van der Waals surface area contributed by atoms with Gasteiger partial charge in [0.2, 0.25) is 0 Å². The lowest BCUT2D eigenvalue weighted by atomic mass is 10.1. The quantitative estimate of drug-likeness (QED) is 0.471. The van der Waals surface area contributed by atoms with Crippen LogP contribution >= 0.6 is 11.6 Å². The fraction of sp³-hybridized carbons (Fsp3) is 0.364. The number of ether oxygens (including phenoxy) is 3. The molecule has 0 aliphatic heterocycles. The summed E-state index contributed by atoms with van der Waals surface area (Å²) in [6, 6.07) is 13.5. The summed E-state index contributed by atoms with van der Waals surface area (Å²) in [5.74, 6) is 1.46. The average molecular weight is 416 g/mol. The zero-order valence-electron chi connectivity index (χ0n) is 17.0. The van der Waals surface area contributed by atoms with E-state index in [1.807, 2.05) is 55.6 Å². The second-order valence-electron chi connectivity index (χ2n) is 6.56. The molecule has 0 saturated carbocycles. The highest BCUT2D eigenvalue weighted by Gasteiger charge is 2.18. The molecule has 0 aliphatic carbocycles. The van der Waals surface area contributed by atoms with Gasteiger partial charge in [-0.1, -0.05) is 41.9 Å². The predicted octanol–water partition coefficient (Wildman–Crippen LogP) is 4.90. The highest BCUT2D eigenvalue weighted by Crippen LogP contribution is 2.29. The number of benzene rings is 2. The van der Waals surface area contributed by atoms with E-state index in [1.54, 1.807) is 11.8 Å². The van der Waals surface area contributed by atoms with Crippen LogP contribution in [-0.4, -0.2) is 35.3 Å². The number of methoxy groups -OCH3 is 1. The molecule has 0 aliphatic rings. The largest absolute Gasteiger partial charge is 0.493 e. The summed E-state index contributed by atoms with van der Waals surface area (Å²) in [7, 11) is 1.64. The molecule has 0 bridgehead atoms. The first kappa shape index (κ1) is 21.1. The van der Waals surface area contributed by atoms with Crippen molar-refractivity contribution in [2.75, 3.05) is 20.3 Å². The summed E-state index contributed by atoms with van der Waals surface area (Å²) in [6.45, 7) is 5.81. The van der Waals surface area contributed by atoms with Gasteiger partial charge < -0.3 is 14.2 Å². The van der Waals surface area contributed by atoms with Crippen molar-refractivity contribution in [3.05, 3.63) is 70.5 Å². The minimum Gasteiger partial charge on any atom is -0.493 e. The Morgan fingerprint density at radius 3 is 2.55 bits per heavy atom. The SMILES string of the molecule is CCCOc1cc(Cn2cc(C(OCC)c3ccc(Cl)cc3)nn2)ccc1OC. The maximum Gasteiger partial charge on any atom is 0.161 e. The fourth-order valence-electron chi connectivity index (χ4n) is 3.00. The number of hydrogen-bond acceptors (Lipinski definition) is 5. The van der Waals surface area contributed by atoms with Gasteiger partial charge in [0.15, 0.2) is 11.5 Å². The molecule has 0 radical (unpaired) electrons.